The summed E-state index contributed by atoms with van der Waals surface area (Å²) < 4.78 is 57.0. The number of hydrogen-bond donors (Lipinski definition) is 1. The number of nitrogens with zero attached hydrogens (tertiary/aromatic N) is 2. The Morgan fingerprint density at radius 3 is 2.02 bits per heavy atom. The normalized spacial score (nSPS) is 11.9. The minimum atomic E-state index is -4.35. The van der Waals surface area contributed by atoms with Crippen molar-refractivity contribution in [2.45, 2.75) is 30.8 Å². The Morgan fingerprint density at radius 2 is 1.40 bits per heavy atom. The van der Waals surface area contributed by atoms with Crippen LogP contribution in [0, 0.1) is 11.6 Å². The topological polar surface area (TPSA) is 86.8 Å². The second-order valence-electron chi connectivity index (χ2n) is 9.51. The van der Waals surface area contributed by atoms with E-state index in [-0.39, 0.29) is 29.1 Å². The lowest BCUT2D eigenvalue weighted by Gasteiger charge is -2.33. The molecule has 0 aliphatic rings. The van der Waals surface area contributed by atoms with Gasteiger partial charge in [-0.05, 0) is 55.0 Å². The lowest BCUT2D eigenvalue weighted by Crippen LogP contribution is -2.53. The van der Waals surface area contributed by atoms with Gasteiger partial charge in [0.05, 0.1) is 10.6 Å². The van der Waals surface area contributed by atoms with E-state index in [0.717, 1.165) is 34.1 Å². The van der Waals surface area contributed by atoms with E-state index in [0.29, 0.717) is 6.54 Å². The van der Waals surface area contributed by atoms with Crippen LogP contribution in [0.3, 0.4) is 0 Å². The number of carbonyl (C=O) groups is 2. The third-order valence-corrected chi connectivity index (χ3v) is 8.43. The molecular weight excluding hydrogens is 560 g/mol. The summed E-state index contributed by atoms with van der Waals surface area (Å²) in [6.45, 7) is 1.07. The van der Waals surface area contributed by atoms with Gasteiger partial charge in [-0.1, -0.05) is 66.7 Å². The first-order chi connectivity index (χ1) is 20.2. The maximum atomic E-state index is 14.8. The highest BCUT2D eigenvalue weighted by atomic mass is 32.2. The molecule has 7 nitrogen and oxygen atoms in total. The smallest absolute Gasteiger partial charge is 0.264 e. The van der Waals surface area contributed by atoms with Gasteiger partial charge in [0.15, 0.2) is 0 Å². The van der Waals surface area contributed by atoms with Gasteiger partial charge in [0, 0.05) is 25.1 Å². The number of hydrogen-bond acceptors (Lipinski definition) is 4. The summed E-state index contributed by atoms with van der Waals surface area (Å²) in [6, 6.07) is 26.2. The molecule has 0 aliphatic heterocycles. The highest BCUT2D eigenvalue weighted by molar-refractivity contribution is 7.92. The minimum Gasteiger partial charge on any atom is -0.355 e. The molecule has 42 heavy (non-hydrogen) atoms. The lowest BCUT2D eigenvalue weighted by atomic mass is 10.0. The number of likely N-dealkylation sites (N-methyl/N-ethyl adjacent to an activating group) is 1. The summed E-state index contributed by atoms with van der Waals surface area (Å²) in [5, 5.41) is 2.75. The fraction of sp³-hybridized carbons (Fsp3) is 0.188. The molecule has 0 saturated carbocycles. The Labute approximate surface area is 244 Å². The number of amides is 2. The van der Waals surface area contributed by atoms with Gasteiger partial charge >= 0.3 is 0 Å². The molecule has 0 spiro atoms. The molecule has 1 atom stereocenters. The van der Waals surface area contributed by atoms with Crippen molar-refractivity contribution in [3.05, 3.63) is 132 Å². The van der Waals surface area contributed by atoms with Crippen LogP contribution in [0.15, 0.2) is 114 Å². The van der Waals surface area contributed by atoms with Crippen LogP contribution in [0.4, 0.5) is 14.5 Å². The summed E-state index contributed by atoms with van der Waals surface area (Å²) in [4.78, 5) is 28.6. The second kappa shape index (κ2) is 13.9. The standard InChI is InChI=1S/C32H31F2N3O4S/c1-2-35-32(39)30(21-24-11-5-3-6-12-24)36(22-25-13-9-10-16-29(25)34)31(38)23-37(27-14-7-4-8-15-27)42(40,41)28-19-17-26(33)18-20-28/h3-20,30H,2,21-23H2,1H3,(H,35,39). The predicted octanol–water partition coefficient (Wildman–Crippen LogP) is 4.94. The molecule has 4 rings (SSSR count). The van der Waals surface area contributed by atoms with Gasteiger partial charge in [0.2, 0.25) is 11.8 Å². The number of para-hydroxylation sites is 1. The fourth-order valence-electron chi connectivity index (χ4n) is 4.51. The molecule has 4 aromatic carbocycles. The SMILES string of the molecule is CCNC(=O)C(Cc1ccccc1)N(Cc1ccccc1F)C(=O)CN(c1ccccc1)S(=O)(=O)c1ccc(F)cc1. The summed E-state index contributed by atoms with van der Waals surface area (Å²) in [5.41, 5.74) is 1.12. The van der Waals surface area contributed by atoms with E-state index in [9.17, 15) is 26.8 Å². The third-order valence-electron chi connectivity index (χ3n) is 6.65. The van der Waals surface area contributed by atoms with Crippen LogP contribution in [-0.2, 0) is 32.6 Å². The number of halogens is 2. The largest absolute Gasteiger partial charge is 0.355 e. The summed E-state index contributed by atoms with van der Waals surface area (Å²) >= 11 is 0. The molecule has 0 bridgehead atoms. The van der Waals surface area contributed by atoms with Gasteiger partial charge in [-0.3, -0.25) is 13.9 Å². The first-order valence-corrected chi connectivity index (χ1v) is 14.8. The van der Waals surface area contributed by atoms with Crippen molar-refractivity contribution in [1.82, 2.24) is 10.2 Å². The number of carbonyl (C=O) groups excluding carboxylic acids is 2. The van der Waals surface area contributed by atoms with Gasteiger partial charge in [-0.25, -0.2) is 17.2 Å². The fourth-order valence-corrected chi connectivity index (χ4v) is 5.93. The molecule has 0 aliphatic carbocycles. The van der Waals surface area contributed by atoms with Crippen LogP contribution >= 0.6 is 0 Å². The zero-order valence-electron chi connectivity index (χ0n) is 23.0. The Kier molecular flexibility index (Phi) is 10.0. The van der Waals surface area contributed by atoms with Crippen LogP contribution in [0.25, 0.3) is 0 Å². The van der Waals surface area contributed by atoms with E-state index < -0.39 is 46.1 Å². The van der Waals surface area contributed by atoms with Crippen molar-refractivity contribution >= 4 is 27.5 Å². The van der Waals surface area contributed by atoms with Crippen LogP contribution in [0.2, 0.25) is 0 Å². The van der Waals surface area contributed by atoms with E-state index in [1.54, 1.807) is 43.3 Å². The Morgan fingerprint density at radius 1 is 0.810 bits per heavy atom. The first-order valence-electron chi connectivity index (χ1n) is 13.4. The average molecular weight is 592 g/mol. The van der Waals surface area contributed by atoms with Gasteiger partial charge < -0.3 is 10.2 Å². The second-order valence-corrected chi connectivity index (χ2v) is 11.4. The van der Waals surface area contributed by atoms with Crippen molar-refractivity contribution in [1.29, 1.82) is 0 Å². The quantitative estimate of drug-likeness (QED) is 0.253. The maximum absolute atomic E-state index is 14.8. The van der Waals surface area contributed by atoms with E-state index >= 15 is 0 Å². The monoisotopic (exact) mass is 591 g/mol. The van der Waals surface area contributed by atoms with Gasteiger partial charge in [-0.15, -0.1) is 0 Å². The van der Waals surface area contributed by atoms with Crippen molar-refractivity contribution in [2.24, 2.45) is 0 Å². The Balaban J connectivity index is 1.78. The summed E-state index contributed by atoms with van der Waals surface area (Å²) in [5.74, 6) is -2.36. The summed E-state index contributed by atoms with van der Waals surface area (Å²) in [6.07, 6.45) is 0.114. The zero-order chi connectivity index (χ0) is 30.1. The van der Waals surface area contributed by atoms with Crippen LogP contribution in [0.1, 0.15) is 18.1 Å². The Bertz CT molecular complexity index is 1600. The van der Waals surface area contributed by atoms with E-state index in [4.69, 9.17) is 0 Å². The molecular formula is C32H31F2N3O4S. The predicted molar refractivity (Wildman–Crippen MR) is 157 cm³/mol. The highest BCUT2D eigenvalue weighted by Crippen LogP contribution is 2.25. The van der Waals surface area contributed by atoms with Gasteiger partial charge in [-0.2, -0.15) is 0 Å². The van der Waals surface area contributed by atoms with Crippen LogP contribution in [0.5, 0.6) is 0 Å². The van der Waals surface area contributed by atoms with Crippen molar-refractivity contribution in [3.8, 4) is 0 Å². The minimum absolute atomic E-state index is 0.114. The first kappa shape index (κ1) is 30.4. The molecule has 0 aromatic heterocycles. The number of nitrogens with one attached hydrogen (secondary N) is 1. The number of rotatable bonds is 12. The molecule has 4 aromatic rings. The van der Waals surface area contributed by atoms with Crippen LogP contribution in [-0.4, -0.2) is 44.3 Å². The van der Waals surface area contributed by atoms with Crippen molar-refractivity contribution in [2.75, 3.05) is 17.4 Å². The molecule has 0 heterocycles. The van der Waals surface area contributed by atoms with Crippen molar-refractivity contribution < 1.29 is 26.8 Å². The average Bonchev–Trinajstić information content (AvgIpc) is 2.99. The molecule has 2 amide bonds. The molecule has 0 radical (unpaired) electrons. The molecule has 1 N–H and O–H groups in total. The number of benzene rings is 4. The van der Waals surface area contributed by atoms with Crippen LogP contribution < -0.4 is 9.62 Å². The van der Waals surface area contributed by atoms with E-state index in [1.807, 2.05) is 18.2 Å². The molecule has 218 valence electrons. The highest BCUT2D eigenvalue weighted by Gasteiger charge is 2.34. The molecule has 0 saturated heterocycles. The molecule has 1 unspecified atom stereocenters. The lowest BCUT2D eigenvalue weighted by molar-refractivity contribution is -0.140. The molecule has 0 fully saturated rings. The number of anilines is 1. The van der Waals surface area contributed by atoms with E-state index in [1.165, 1.54) is 35.2 Å². The number of sulfonamides is 1. The van der Waals surface area contributed by atoms with Crippen molar-refractivity contribution in [3.63, 3.8) is 0 Å². The maximum Gasteiger partial charge on any atom is 0.264 e. The van der Waals surface area contributed by atoms with Gasteiger partial charge in [0.25, 0.3) is 10.0 Å². The van der Waals surface area contributed by atoms with Gasteiger partial charge in [0.1, 0.15) is 24.2 Å². The Hall–Kier alpha value is -4.57. The third kappa shape index (κ3) is 7.38. The van der Waals surface area contributed by atoms with E-state index in [2.05, 4.69) is 5.32 Å². The zero-order valence-corrected chi connectivity index (χ0v) is 23.8. The molecule has 10 heteroatoms. The summed E-state index contributed by atoms with van der Waals surface area (Å²) in [7, 11) is -4.35.